The third-order valence-corrected chi connectivity index (χ3v) is 2.45. The van der Waals surface area contributed by atoms with Gasteiger partial charge in [0, 0.05) is 6.04 Å². The quantitative estimate of drug-likeness (QED) is 0.704. The number of nitrogens with two attached hydrogens (primary N) is 1. The van der Waals surface area contributed by atoms with Crippen molar-refractivity contribution in [2.45, 2.75) is 57.8 Å². The molecule has 0 amide bonds. The van der Waals surface area contributed by atoms with Crippen molar-refractivity contribution >= 4 is 0 Å². The van der Waals surface area contributed by atoms with Crippen molar-refractivity contribution < 1.29 is 9.47 Å². The molecule has 3 heteroatoms. The van der Waals surface area contributed by atoms with E-state index in [2.05, 4.69) is 0 Å². The Hall–Kier alpha value is -0.120. The predicted octanol–water partition coefficient (Wildman–Crippen LogP) is 1.70. The van der Waals surface area contributed by atoms with Crippen LogP contribution in [0.2, 0.25) is 0 Å². The summed E-state index contributed by atoms with van der Waals surface area (Å²) in [5.74, 6) is 0. The average Bonchev–Trinajstić information content (AvgIpc) is 2.44. The lowest BCUT2D eigenvalue weighted by atomic mass is 10.2. The normalized spacial score (nSPS) is 28.3. The molecule has 0 aromatic heterocycles. The van der Waals surface area contributed by atoms with Crippen LogP contribution in [0.25, 0.3) is 0 Å². The molecule has 1 aliphatic rings. The molecule has 2 N–H and O–H groups in total. The third kappa shape index (κ3) is 4.40. The second kappa shape index (κ2) is 5.10. The van der Waals surface area contributed by atoms with Crippen LogP contribution >= 0.6 is 0 Å². The summed E-state index contributed by atoms with van der Waals surface area (Å²) in [6, 6.07) is 0.240. The van der Waals surface area contributed by atoms with E-state index in [0.29, 0.717) is 13.2 Å². The summed E-state index contributed by atoms with van der Waals surface area (Å²) in [7, 11) is 0. The topological polar surface area (TPSA) is 44.5 Å². The average molecular weight is 201 g/mol. The minimum Gasteiger partial charge on any atom is -0.374 e. The lowest BCUT2D eigenvalue weighted by Gasteiger charge is -2.21. The number of hydrogen-bond acceptors (Lipinski definition) is 3. The lowest BCUT2D eigenvalue weighted by Crippen LogP contribution is -2.33. The molecule has 1 saturated carbocycles. The highest BCUT2D eigenvalue weighted by Crippen LogP contribution is 2.20. The van der Waals surface area contributed by atoms with Crippen LogP contribution in [0, 0.1) is 0 Å². The zero-order valence-corrected chi connectivity index (χ0v) is 9.58. The molecule has 0 bridgehead atoms. The molecule has 84 valence electrons. The third-order valence-electron chi connectivity index (χ3n) is 2.45. The van der Waals surface area contributed by atoms with Gasteiger partial charge in [-0.15, -0.1) is 0 Å². The number of ether oxygens (including phenoxy) is 2. The lowest BCUT2D eigenvalue weighted by molar-refractivity contribution is -0.0525. The van der Waals surface area contributed by atoms with E-state index in [1.54, 1.807) is 0 Å². The van der Waals surface area contributed by atoms with E-state index < -0.39 is 0 Å². The van der Waals surface area contributed by atoms with Crippen molar-refractivity contribution in [1.82, 2.24) is 0 Å². The van der Waals surface area contributed by atoms with Gasteiger partial charge in [0.1, 0.15) is 0 Å². The standard InChI is InChI=1S/C11H23NO2/c1-11(2,3)14-8-7-13-10-6-4-5-9(10)12/h9-10H,4-8,12H2,1-3H3. The zero-order valence-electron chi connectivity index (χ0n) is 9.58. The van der Waals surface area contributed by atoms with Gasteiger partial charge in [-0.05, 0) is 40.0 Å². The number of hydrogen-bond donors (Lipinski definition) is 1. The van der Waals surface area contributed by atoms with Crippen LogP contribution in [-0.2, 0) is 9.47 Å². The van der Waals surface area contributed by atoms with Crippen molar-refractivity contribution in [3.63, 3.8) is 0 Å². The van der Waals surface area contributed by atoms with Gasteiger partial charge in [0.15, 0.2) is 0 Å². The molecular formula is C11H23NO2. The second-order valence-electron chi connectivity index (χ2n) is 4.96. The maximum atomic E-state index is 5.88. The molecule has 14 heavy (non-hydrogen) atoms. The molecule has 3 nitrogen and oxygen atoms in total. The highest BCUT2D eigenvalue weighted by atomic mass is 16.5. The van der Waals surface area contributed by atoms with Crippen LogP contribution in [0.5, 0.6) is 0 Å². The van der Waals surface area contributed by atoms with E-state index >= 15 is 0 Å². The number of rotatable bonds is 4. The van der Waals surface area contributed by atoms with E-state index in [9.17, 15) is 0 Å². The Morgan fingerprint density at radius 1 is 1.21 bits per heavy atom. The summed E-state index contributed by atoms with van der Waals surface area (Å²) in [6.07, 6.45) is 3.67. The maximum Gasteiger partial charge on any atom is 0.0727 e. The molecule has 0 aromatic carbocycles. The molecule has 0 spiro atoms. The highest BCUT2D eigenvalue weighted by molar-refractivity contribution is 4.80. The zero-order chi connectivity index (χ0) is 10.6. The van der Waals surface area contributed by atoms with Gasteiger partial charge in [-0.1, -0.05) is 0 Å². The van der Waals surface area contributed by atoms with E-state index in [0.717, 1.165) is 12.8 Å². The van der Waals surface area contributed by atoms with Crippen LogP contribution in [0.3, 0.4) is 0 Å². The molecule has 0 heterocycles. The van der Waals surface area contributed by atoms with Gasteiger partial charge in [0.05, 0.1) is 24.9 Å². The fraction of sp³-hybridized carbons (Fsp3) is 1.00. The molecular weight excluding hydrogens is 178 g/mol. The van der Waals surface area contributed by atoms with Gasteiger partial charge in [0.2, 0.25) is 0 Å². The summed E-state index contributed by atoms with van der Waals surface area (Å²) < 4.78 is 11.2. The summed E-state index contributed by atoms with van der Waals surface area (Å²) in [6.45, 7) is 7.47. The summed E-state index contributed by atoms with van der Waals surface area (Å²) in [5, 5.41) is 0. The first-order valence-electron chi connectivity index (χ1n) is 5.50. The summed E-state index contributed by atoms with van der Waals surface area (Å²) >= 11 is 0. The van der Waals surface area contributed by atoms with Gasteiger partial charge < -0.3 is 15.2 Å². The molecule has 2 atom stereocenters. The summed E-state index contributed by atoms with van der Waals surface area (Å²) in [4.78, 5) is 0. The summed E-state index contributed by atoms with van der Waals surface area (Å²) in [5.41, 5.74) is 5.81. The second-order valence-corrected chi connectivity index (χ2v) is 4.96. The first kappa shape index (κ1) is 12.0. The maximum absolute atomic E-state index is 5.88. The molecule has 1 rings (SSSR count). The Morgan fingerprint density at radius 3 is 2.43 bits per heavy atom. The van der Waals surface area contributed by atoms with Crippen molar-refractivity contribution in [3.8, 4) is 0 Å². The van der Waals surface area contributed by atoms with Gasteiger partial charge in [-0.25, -0.2) is 0 Å². The predicted molar refractivity (Wildman–Crippen MR) is 57.3 cm³/mol. The molecule has 0 radical (unpaired) electrons. The van der Waals surface area contributed by atoms with Crippen molar-refractivity contribution in [2.24, 2.45) is 5.73 Å². The van der Waals surface area contributed by atoms with E-state index in [-0.39, 0.29) is 17.7 Å². The van der Waals surface area contributed by atoms with Crippen LogP contribution < -0.4 is 5.73 Å². The first-order valence-corrected chi connectivity index (χ1v) is 5.50. The Labute approximate surface area is 86.9 Å². The minimum atomic E-state index is -0.0683. The minimum absolute atomic E-state index is 0.0683. The largest absolute Gasteiger partial charge is 0.374 e. The van der Waals surface area contributed by atoms with Crippen molar-refractivity contribution in [3.05, 3.63) is 0 Å². The van der Waals surface area contributed by atoms with E-state index in [1.165, 1.54) is 6.42 Å². The highest BCUT2D eigenvalue weighted by Gasteiger charge is 2.24. The fourth-order valence-electron chi connectivity index (χ4n) is 1.71. The van der Waals surface area contributed by atoms with Crippen LogP contribution in [0.15, 0.2) is 0 Å². The van der Waals surface area contributed by atoms with Crippen molar-refractivity contribution in [1.29, 1.82) is 0 Å². The molecule has 0 aromatic rings. The van der Waals surface area contributed by atoms with Gasteiger partial charge in [-0.2, -0.15) is 0 Å². The SMILES string of the molecule is CC(C)(C)OCCOC1CCCC1N. The molecule has 1 aliphatic carbocycles. The Kier molecular flexibility index (Phi) is 4.35. The van der Waals surface area contributed by atoms with Gasteiger partial charge in [0.25, 0.3) is 0 Å². The molecule has 0 aliphatic heterocycles. The molecule has 1 fully saturated rings. The smallest absolute Gasteiger partial charge is 0.0727 e. The van der Waals surface area contributed by atoms with Gasteiger partial charge >= 0.3 is 0 Å². The van der Waals surface area contributed by atoms with Gasteiger partial charge in [-0.3, -0.25) is 0 Å². The van der Waals surface area contributed by atoms with Crippen LogP contribution in [-0.4, -0.2) is 31.0 Å². The van der Waals surface area contributed by atoms with Crippen molar-refractivity contribution in [2.75, 3.05) is 13.2 Å². The Bertz CT molecular complexity index is 165. The fourth-order valence-corrected chi connectivity index (χ4v) is 1.71. The Morgan fingerprint density at radius 2 is 1.93 bits per heavy atom. The molecule has 0 saturated heterocycles. The Balaban J connectivity index is 2.04. The van der Waals surface area contributed by atoms with E-state index in [1.807, 2.05) is 20.8 Å². The first-order chi connectivity index (χ1) is 6.49. The monoisotopic (exact) mass is 201 g/mol. The van der Waals surface area contributed by atoms with E-state index in [4.69, 9.17) is 15.2 Å². The molecule has 2 unspecified atom stereocenters. The van der Waals surface area contributed by atoms with Crippen LogP contribution in [0.1, 0.15) is 40.0 Å². The van der Waals surface area contributed by atoms with Crippen LogP contribution in [0.4, 0.5) is 0 Å².